The first kappa shape index (κ1) is 15.5. The average Bonchev–Trinajstić information content (AvgIpc) is 2.93. The van der Waals surface area contributed by atoms with E-state index in [9.17, 15) is 4.79 Å². The van der Waals surface area contributed by atoms with Gasteiger partial charge in [0.1, 0.15) is 5.60 Å². The third-order valence-corrected chi connectivity index (χ3v) is 3.80. The van der Waals surface area contributed by atoms with E-state index in [0.717, 1.165) is 12.1 Å². The maximum absolute atomic E-state index is 12.6. The van der Waals surface area contributed by atoms with Crippen molar-refractivity contribution in [2.75, 3.05) is 0 Å². The fourth-order valence-corrected chi connectivity index (χ4v) is 2.75. The summed E-state index contributed by atoms with van der Waals surface area (Å²) in [6.45, 7) is 6.75. The number of fused-ring (bicyclic) bond motifs is 1. The molecule has 1 aromatic heterocycles. The maximum atomic E-state index is 12.6. The lowest BCUT2D eigenvalue weighted by atomic mass is 10.0. The number of hydrogen-bond acceptors (Lipinski definition) is 4. The van der Waals surface area contributed by atoms with Crippen LogP contribution in [0.4, 0.5) is 4.79 Å². The number of rotatable bonds is 2. The Labute approximate surface area is 136 Å². The van der Waals surface area contributed by atoms with Gasteiger partial charge in [-0.15, -0.1) is 5.10 Å². The second-order valence-corrected chi connectivity index (χ2v) is 6.86. The molecular weight excluding hydrogens is 292 g/mol. The van der Waals surface area contributed by atoms with Gasteiger partial charge in [-0.1, -0.05) is 35.5 Å². The minimum absolute atomic E-state index is 0.00134. The van der Waals surface area contributed by atoms with Crippen molar-refractivity contribution in [2.45, 2.75) is 51.9 Å². The minimum Gasteiger partial charge on any atom is -0.444 e. The van der Waals surface area contributed by atoms with Gasteiger partial charge in [0.15, 0.2) is 0 Å². The fourth-order valence-electron chi connectivity index (χ4n) is 2.75. The Balaban J connectivity index is 1.82. The Hall–Kier alpha value is -2.37. The smallest absolute Gasteiger partial charge is 0.410 e. The molecule has 1 atom stereocenters. The summed E-state index contributed by atoms with van der Waals surface area (Å²) in [4.78, 5) is 14.4. The zero-order valence-corrected chi connectivity index (χ0v) is 13.8. The predicted octanol–water partition coefficient (Wildman–Crippen LogP) is 2.64. The molecule has 1 aliphatic rings. The average molecular weight is 314 g/mol. The fraction of sp³-hybridized carbons (Fsp3) is 0.471. The van der Waals surface area contributed by atoms with E-state index in [1.54, 1.807) is 11.1 Å². The van der Waals surface area contributed by atoms with Gasteiger partial charge in [0, 0.05) is 0 Å². The summed E-state index contributed by atoms with van der Waals surface area (Å²) in [6, 6.07) is 10.2. The van der Waals surface area contributed by atoms with Crippen LogP contribution < -0.4 is 0 Å². The van der Waals surface area contributed by atoms with E-state index in [4.69, 9.17) is 4.74 Å². The summed E-state index contributed by atoms with van der Waals surface area (Å²) in [7, 11) is 0. The third-order valence-electron chi connectivity index (χ3n) is 3.80. The molecule has 122 valence electrons. The summed E-state index contributed by atoms with van der Waals surface area (Å²) >= 11 is 0. The summed E-state index contributed by atoms with van der Waals surface area (Å²) in [6.07, 6.45) is 2.18. The monoisotopic (exact) mass is 314 g/mol. The van der Waals surface area contributed by atoms with Crippen LogP contribution in [-0.4, -0.2) is 37.6 Å². The molecule has 0 saturated heterocycles. The number of hydrogen-bond donors (Lipinski definition) is 0. The Morgan fingerprint density at radius 2 is 2.04 bits per heavy atom. The van der Waals surface area contributed by atoms with Gasteiger partial charge >= 0.3 is 6.09 Å². The molecule has 2 heterocycles. The Morgan fingerprint density at radius 3 is 2.74 bits per heavy atom. The van der Waals surface area contributed by atoms with Crippen LogP contribution in [-0.2, 0) is 24.2 Å². The number of carbonyl (C=O) groups excluding carboxylic acids is 1. The molecule has 1 aromatic carbocycles. The minimum atomic E-state index is -0.510. The standard InChI is InChI=1S/C17H22N4O2/c1-17(2,3)23-16(22)20-11-15-10-18-19-21(15)12-14(20)9-13-7-5-4-6-8-13/h4-8,10,14H,9,11-12H2,1-3H3/t14-/m0/s1. The number of ether oxygens (including phenoxy) is 1. The van der Waals surface area contributed by atoms with Crippen LogP contribution in [0.3, 0.4) is 0 Å². The molecule has 1 aliphatic heterocycles. The Bertz CT molecular complexity index is 675. The van der Waals surface area contributed by atoms with Crippen molar-refractivity contribution >= 4 is 6.09 Å². The molecule has 0 saturated carbocycles. The van der Waals surface area contributed by atoms with E-state index >= 15 is 0 Å². The number of benzene rings is 1. The van der Waals surface area contributed by atoms with E-state index < -0.39 is 5.60 Å². The van der Waals surface area contributed by atoms with Crippen molar-refractivity contribution in [3.8, 4) is 0 Å². The lowest BCUT2D eigenvalue weighted by molar-refractivity contribution is 0.00673. The van der Waals surface area contributed by atoms with Gasteiger partial charge in [-0.05, 0) is 32.8 Å². The van der Waals surface area contributed by atoms with Crippen molar-refractivity contribution in [1.82, 2.24) is 19.9 Å². The van der Waals surface area contributed by atoms with Gasteiger partial charge in [-0.25, -0.2) is 9.48 Å². The van der Waals surface area contributed by atoms with Crippen LogP contribution in [0.25, 0.3) is 0 Å². The van der Waals surface area contributed by atoms with Crippen LogP contribution in [0.2, 0.25) is 0 Å². The molecule has 0 bridgehead atoms. The van der Waals surface area contributed by atoms with E-state index in [0.29, 0.717) is 13.1 Å². The molecule has 0 fully saturated rings. The van der Waals surface area contributed by atoms with Crippen LogP contribution >= 0.6 is 0 Å². The van der Waals surface area contributed by atoms with Crippen LogP contribution in [0.15, 0.2) is 36.5 Å². The zero-order chi connectivity index (χ0) is 16.4. The summed E-state index contributed by atoms with van der Waals surface area (Å²) in [5, 5.41) is 8.05. The summed E-state index contributed by atoms with van der Waals surface area (Å²) in [5.74, 6) is 0. The van der Waals surface area contributed by atoms with E-state index in [1.165, 1.54) is 5.56 Å². The number of amides is 1. The molecule has 2 aromatic rings. The summed E-state index contributed by atoms with van der Waals surface area (Å²) in [5.41, 5.74) is 1.61. The van der Waals surface area contributed by atoms with Crippen molar-refractivity contribution in [3.63, 3.8) is 0 Å². The highest BCUT2D eigenvalue weighted by Crippen LogP contribution is 2.22. The Kier molecular flexibility index (Phi) is 4.07. The van der Waals surface area contributed by atoms with Gasteiger partial charge < -0.3 is 4.74 Å². The largest absolute Gasteiger partial charge is 0.444 e. The molecule has 23 heavy (non-hydrogen) atoms. The van der Waals surface area contributed by atoms with Gasteiger partial charge in [-0.2, -0.15) is 0 Å². The maximum Gasteiger partial charge on any atom is 0.410 e. The molecule has 6 nitrogen and oxygen atoms in total. The molecular formula is C17H22N4O2. The second-order valence-electron chi connectivity index (χ2n) is 6.86. The summed E-state index contributed by atoms with van der Waals surface area (Å²) < 4.78 is 7.44. The van der Waals surface area contributed by atoms with Crippen molar-refractivity contribution < 1.29 is 9.53 Å². The molecule has 0 radical (unpaired) electrons. The van der Waals surface area contributed by atoms with Gasteiger partial charge in [0.25, 0.3) is 0 Å². The van der Waals surface area contributed by atoms with Gasteiger partial charge in [-0.3, -0.25) is 4.90 Å². The van der Waals surface area contributed by atoms with E-state index in [2.05, 4.69) is 22.4 Å². The molecule has 3 rings (SSSR count). The van der Waals surface area contributed by atoms with Gasteiger partial charge in [0.05, 0.1) is 31.0 Å². The molecule has 0 unspecified atom stereocenters. The highest BCUT2D eigenvalue weighted by atomic mass is 16.6. The van der Waals surface area contributed by atoms with Gasteiger partial charge in [0.2, 0.25) is 0 Å². The van der Waals surface area contributed by atoms with Crippen molar-refractivity contribution in [3.05, 3.63) is 47.8 Å². The molecule has 0 N–H and O–H groups in total. The van der Waals surface area contributed by atoms with Crippen LogP contribution in [0.1, 0.15) is 32.0 Å². The quantitative estimate of drug-likeness (QED) is 0.855. The van der Waals surface area contributed by atoms with E-state index in [1.807, 2.05) is 43.7 Å². The first-order chi connectivity index (χ1) is 10.9. The predicted molar refractivity (Wildman–Crippen MR) is 85.7 cm³/mol. The number of aromatic nitrogens is 3. The normalized spacial score (nSPS) is 17.7. The lowest BCUT2D eigenvalue weighted by Crippen LogP contribution is -2.49. The zero-order valence-electron chi connectivity index (χ0n) is 13.8. The van der Waals surface area contributed by atoms with Crippen molar-refractivity contribution in [1.29, 1.82) is 0 Å². The lowest BCUT2D eigenvalue weighted by Gasteiger charge is -2.36. The number of carbonyl (C=O) groups is 1. The third kappa shape index (κ3) is 3.70. The topological polar surface area (TPSA) is 60.2 Å². The van der Waals surface area contributed by atoms with Crippen molar-refractivity contribution in [2.24, 2.45) is 0 Å². The molecule has 0 spiro atoms. The SMILES string of the molecule is CC(C)(C)OC(=O)N1Cc2cnnn2C[C@@H]1Cc1ccccc1. The van der Waals surface area contributed by atoms with Crippen LogP contribution in [0, 0.1) is 0 Å². The van der Waals surface area contributed by atoms with E-state index in [-0.39, 0.29) is 12.1 Å². The van der Waals surface area contributed by atoms with Crippen LogP contribution in [0.5, 0.6) is 0 Å². The molecule has 1 amide bonds. The molecule has 6 heteroatoms. The first-order valence-electron chi connectivity index (χ1n) is 7.83. The Morgan fingerprint density at radius 1 is 1.30 bits per heavy atom. The molecule has 0 aliphatic carbocycles. The first-order valence-corrected chi connectivity index (χ1v) is 7.83. The highest BCUT2D eigenvalue weighted by molar-refractivity contribution is 5.68. The number of nitrogens with zero attached hydrogens (tertiary/aromatic N) is 4. The highest BCUT2D eigenvalue weighted by Gasteiger charge is 2.33. The second kappa shape index (κ2) is 6.02.